The fourth-order valence-corrected chi connectivity index (χ4v) is 5.82. The number of carbonyl (C=O) groups excluding carboxylic acids is 1. The second kappa shape index (κ2) is 13.4. The van der Waals surface area contributed by atoms with Gasteiger partial charge in [-0.1, -0.05) is 30.8 Å². The molecule has 2 heterocycles. The molecule has 1 aliphatic heterocycles. The number of hydrogen-bond acceptors (Lipinski definition) is 8. The zero-order valence-corrected chi connectivity index (χ0v) is 23.6. The number of aromatic nitrogens is 2. The summed E-state index contributed by atoms with van der Waals surface area (Å²) in [5.41, 5.74) is 5.71. The first-order valence-electron chi connectivity index (χ1n) is 14.4. The number of allylic oxidation sites excluding steroid dienone is 1. The Labute approximate surface area is 242 Å². The minimum Gasteiger partial charge on any atom is -0.494 e. The number of nitrogens with one attached hydrogen (secondary N) is 1. The zero-order chi connectivity index (χ0) is 28.6. The van der Waals surface area contributed by atoms with Gasteiger partial charge >= 0.3 is 0 Å². The highest BCUT2D eigenvalue weighted by molar-refractivity contribution is 5.89. The van der Waals surface area contributed by atoms with Crippen molar-refractivity contribution in [3.63, 3.8) is 0 Å². The lowest BCUT2D eigenvalue weighted by atomic mass is 9.67. The lowest BCUT2D eigenvalue weighted by molar-refractivity contribution is -0.116. The molecule has 0 bridgehead atoms. The Morgan fingerprint density at radius 1 is 1.22 bits per heavy atom. The lowest BCUT2D eigenvalue weighted by Gasteiger charge is -2.37. The summed E-state index contributed by atoms with van der Waals surface area (Å²) >= 11 is 0. The molecule has 0 amide bonds. The summed E-state index contributed by atoms with van der Waals surface area (Å²) in [5, 5.41) is 13.0. The molecule has 8 heteroatoms. The van der Waals surface area contributed by atoms with E-state index < -0.39 is 0 Å². The number of hydrogen-bond donors (Lipinski definition) is 1. The number of rotatable bonds is 12. The van der Waals surface area contributed by atoms with Gasteiger partial charge in [-0.2, -0.15) is 5.26 Å². The molecular weight excluding hydrogens is 514 g/mol. The van der Waals surface area contributed by atoms with E-state index in [4.69, 9.17) is 14.5 Å². The number of benzene rings is 2. The van der Waals surface area contributed by atoms with Crippen molar-refractivity contribution in [2.75, 3.05) is 43.6 Å². The van der Waals surface area contributed by atoms with Crippen molar-refractivity contribution < 1.29 is 14.3 Å². The fourth-order valence-electron chi connectivity index (χ4n) is 5.82. The molecule has 1 aromatic heterocycles. The summed E-state index contributed by atoms with van der Waals surface area (Å²) in [7, 11) is 1.65. The van der Waals surface area contributed by atoms with Gasteiger partial charge in [0.25, 0.3) is 0 Å². The number of methoxy groups -OCH3 is 1. The Hall–Kier alpha value is -4.22. The molecule has 5 rings (SSSR count). The summed E-state index contributed by atoms with van der Waals surface area (Å²) in [6, 6.07) is 16.8. The van der Waals surface area contributed by atoms with Crippen molar-refractivity contribution in [2.24, 2.45) is 5.92 Å². The molecule has 2 atom stereocenters. The van der Waals surface area contributed by atoms with Gasteiger partial charge in [0.15, 0.2) is 5.78 Å². The number of ether oxygens (including phenoxy) is 2. The van der Waals surface area contributed by atoms with Gasteiger partial charge in [0.1, 0.15) is 11.8 Å². The molecule has 1 N–H and O–H groups in total. The van der Waals surface area contributed by atoms with Gasteiger partial charge in [-0.05, 0) is 73.3 Å². The van der Waals surface area contributed by atoms with Gasteiger partial charge < -0.3 is 19.7 Å². The molecule has 1 saturated carbocycles. The van der Waals surface area contributed by atoms with Gasteiger partial charge in [0.2, 0.25) is 5.95 Å². The maximum Gasteiger partial charge on any atom is 0.227 e. The quantitative estimate of drug-likeness (QED) is 0.284. The van der Waals surface area contributed by atoms with E-state index in [0.717, 1.165) is 55.8 Å². The van der Waals surface area contributed by atoms with E-state index in [1.165, 1.54) is 17.2 Å². The minimum absolute atomic E-state index is 0.125. The Morgan fingerprint density at radius 2 is 2.05 bits per heavy atom. The first-order valence-corrected chi connectivity index (χ1v) is 14.4. The molecule has 2 unspecified atom stereocenters. The van der Waals surface area contributed by atoms with E-state index in [-0.39, 0.29) is 5.78 Å². The molecule has 0 radical (unpaired) electrons. The maximum absolute atomic E-state index is 12.0. The summed E-state index contributed by atoms with van der Waals surface area (Å²) in [6.45, 7) is 6.75. The van der Waals surface area contributed by atoms with Crippen LogP contribution in [0.5, 0.6) is 5.75 Å². The molecule has 2 fully saturated rings. The summed E-state index contributed by atoms with van der Waals surface area (Å²) in [5.74, 6) is 2.07. The van der Waals surface area contributed by atoms with Crippen LogP contribution < -0.4 is 15.0 Å². The highest BCUT2D eigenvalue weighted by Crippen LogP contribution is 2.46. The van der Waals surface area contributed by atoms with E-state index >= 15 is 0 Å². The Morgan fingerprint density at radius 3 is 2.78 bits per heavy atom. The lowest BCUT2D eigenvalue weighted by Crippen LogP contribution is -2.36. The Balaban J connectivity index is 1.26. The highest BCUT2D eigenvalue weighted by atomic mass is 16.5. The van der Waals surface area contributed by atoms with Crippen LogP contribution in [0.15, 0.2) is 61.3 Å². The van der Waals surface area contributed by atoms with Crippen LogP contribution in [0.25, 0.3) is 0 Å². The van der Waals surface area contributed by atoms with Crippen LogP contribution in [0.4, 0.5) is 17.3 Å². The van der Waals surface area contributed by atoms with E-state index in [9.17, 15) is 10.1 Å². The van der Waals surface area contributed by atoms with Crippen molar-refractivity contribution in [3.05, 3.63) is 83.7 Å². The monoisotopic (exact) mass is 551 g/mol. The van der Waals surface area contributed by atoms with E-state index in [0.29, 0.717) is 55.2 Å². The van der Waals surface area contributed by atoms with Gasteiger partial charge in [-0.25, -0.2) is 9.97 Å². The zero-order valence-electron chi connectivity index (χ0n) is 23.6. The average Bonchev–Trinajstić information content (AvgIpc) is 3.00. The molecule has 1 saturated heterocycles. The predicted molar refractivity (Wildman–Crippen MR) is 160 cm³/mol. The van der Waals surface area contributed by atoms with Crippen molar-refractivity contribution in [1.29, 1.82) is 5.26 Å². The van der Waals surface area contributed by atoms with Crippen LogP contribution in [0.3, 0.4) is 0 Å². The van der Waals surface area contributed by atoms with Crippen molar-refractivity contribution in [1.82, 2.24) is 9.97 Å². The van der Waals surface area contributed by atoms with Crippen LogP contribution >= 0.6 is 0 Å². The summed E-state index contributed by atoms with van der Waals surface area (Å²) in [6.07, 6.45) is 8.18. The predicted octanol–water partition coefficient (Wildman–Crippen LogP) is 5.75. The molecule has 2 aromatic carbocycles. The number of aryl methyl sites for hydroxylation is 2. The van der Waals surface area contributed by atoms with Crippen LogP contribution in [0, 0.1) is 17.2 Å². The van der Waals surface area contributed by atoms with Crippen LogP contribution in [0.1, 0.15) is 54.0 Å². The number of carbonyl (C=O) groups is 1. The first-order chi connectivity index (χ1) is 20.1. The largest absolute Gasteiger partial charge is 0.494 e. The van der Waals surface area contributed by atoms with Crippen LogP contribution in [-0.2, 0) is 22.4 Å². The van der Waals surface area contributed by atoms with E-state index in [1.54, 1.807) is 13.3 Å². The average molecular weight is 552 g/mol. The highest BCUT2D eigenvalue weighted by Gasteiger charge is 2.34. The number of morpholine rings is 1. The van der Waals surface area contributed by atoms with Crippen molar-refractivity contribution >= 4 is 23.1 Å². The standard InChI is InChI=1S/C33H37N5O3/c1-3-27(39)19-24-11-13-29(24)28-9-5-4-7-23(28)8-6-10-30-25(21-34)22-35-33(36-30)37-31-14-12-26(20-32(31)40-2)38-15-17-41-18-16-38/h3-5,7,9,12,14,20,22,24,29H,1,6,8,10-11,13,15-19H2,2H3,(H,35,36,37). The molecule has 41 heavy (non-hydrogen) atoms. The minimum atomic E-state index is 0.125. The SMILES string of the molecule is C=CC(=O)CC1CCC1c1ccccc1CCCc1nc(Nc2ccc(N3CCOCC3)cc2OC)ncc1C#N. The van der Waals surface area contributed by atoms with Gasteiger partial charge in [-0.15, -0.1) is 0 Å². The second-order valence-electron chi connectivity index (χ2n) is 10.6. The number of nitrogens with zero attached hydrogens (tertiary/aromatic N) is 4. The van der Waals surface area contributed by atoms with E-state index in [2.05, 4.69) is 58.2 Å². The molecule has 212 valence electrons. The third-order valence-corrected chi connectivity index (χ3v) is 8.22. The molecule has 8 nitrogen and oxygen atoms in total. The second-order valence-corrected chi connectivity index (χ2v) is 10.6. The molecule has 3 aromatic rings. The topological polar surface area (TPSA) is 100 Å². The number of ketones is 1. The Kier molecular flexibility index (Phi) is 9.27. The molecule has 1 aliphatic carbocycles. The molecular formula is C33H37N5O3. The van der Waals surface area contributed by atoms with Gasteiger partial charge in [-0.3, -0.25) is 4.79 Å². The Bertz CT molecular complexity index is 1430. The van der Waals surface area contributed by atoms with E-state index in [1.807, 2.05) is 12.1 Å². The smallest absolute Gasteiger partial charge is 0.227 e. The third kappa shape index (κ3) is 6.75. The van der Waals surface area contributed by atoms with Gasteiger partial charge in [0.05, 0.1) is 43.5 Å². The van der Waals surface area contributed by atoms with Crippen molar-refractivity contribution in [2.45, 2.75) is 44.4 Å². The van der Waals surface area contributed by atoms with Crippen molar-refractivity contribution in [3.8, 4) is 11.8 Å². The third-order valence-electron chi connectivity index (χ3n) is 8.22. The molecule has 2 aliphatic rings. The molecule has 0 spiro atoms. The van der Waals surface area contributed by atoms with Crippen LogP contribution in [-0.4, -0.2) is 49.2 Å². The van der Waals surface area contributed by atoms with Crippen LogP contribution in [0.2, 0.25) is 0 Å². The fraction of sp³-hybridized carbons (Fsp3) is 0.394. The summed E-state index contributed by atoms with van der Waals surface area (Å²) < 4.78 is 11.1. The maximum atomic E-state index is 12.0. The normalized spacial score (nSPS) is 18.2. The number of nitriles is 1. The number of anilines is 3. The van der Waals surface area contributed by atoms with Gasteiger partial charge in [0, 0.05) is 31.3 Å². The summed E-state index contributed by atoms with van der Waals surface area (Å²) in [4.78, 5) is 23.3. The first kappa shape index (κ1) is 28.3.